The smallest absolute Gasteiger partial charge is 0.180 e. The van der Waals surface area contributed by atoms with Gasteiger partial charge in [0.05, 0.1) is 17.1 Å². The maximum atomic E-state index is 5.03. The molecular weight excluding hydrogens is 270 g/mol. The molecule has 0 unspecified atom stereocenters. The van der Waals surface area contributed by atoms with Gasteiger partial charge in [0.15, 0.2) is 12.8 Å². The van der Waals surface area contributed by atoms with Gasteiger partial charge in [-0.1, -0.05) is 0 Å². The van der Waals surface area contributed by atoms with Crippen LogP contribution in [-0.2, 0) is 26.2 Å². The SMILES string of the molecule is CCn1ccc(CN(Cc2cocn2)Cc2cocn2)n1. The first-order valence-corrected chi connectivity index (χ1v) is 6.82. The van der Waals surface area contributed by atoms with Crippen LogP contribution < -0.4 is 0 Å². The molecule has 110 valence electrons. The lowest BCUT2D eigenvalue weighted by Gasteiger charge is -2.18. The second-order valence-corrected chi connectivity index (χ2v) is 4.77. The lowest BCUT2D eigenvalue weighted by Crippen LogP contribution is -2.23. The molecule has 3 aromatic rings. The molecule has 0 fully saturated rings. The van der Waals surface area contributed by atoms with E-state index < -0.39 is 0 Å². The molecule has 0 aromatic carbocycles. The quantitative estimate of drug-likeness (QED) is 0.662. The van der Waals surface area contributed by atoms with Crippen molar-refractivity contribution in [2.45, 2.75) is 33.1 Å². The lowest BCUT2D eigenvalue weighted by molar-refractivity contribution is 0.237. The molecular formula is C14H17N5O2. The molecule has 0 amide bonds. The fourth-order valence-corrected chi connectivity index (χ4v) is 2.15. The Balaban J connectivity index is 1.71. The van der Waals surface area contributed by atoms with E-state index in [0.717, 1.165) is 23.6 Å². The normalized spacial score (nSPS) is 11.3. The van der Waals surface area contributed by atoms with Crippen molar-refractivity contribution in [1.29, 1.82) is 0 Å². The molecule has 0 spiro atoms. The fourth-order valence-electron chi connectivity index (χ4n) is 2.15. The van der Waals surface area contributed by atoms with Crippen molar-refractivity contribution in [3.63, 3.8) is 0 Å². The largest absolute Gasteiger partial charge is 0.451 e. The molecule has 3 aromatic heterocycles. The third-order valence-electron chi connectivity index (χ3n) is 3.14. The Bertz CT molecular complexity index is 609. The van der Waals surface area contributed by atoms with Gasteiger partial charge < -0.3 is 8.83 Å². The van der Waals surface area contributed by atoms with Crippen LogP contribution in [0.25, 0.3) is 0 Å². The Morgan fingerprint density at radius 1 is 1.00 bits per heavy atom. The number of nitrogens with zero attached hydrogens (tertiary/aromatic N) is 5. The molecule has 0 bridgehead atoms. The number of hydrogen-bond donors (Lipinski definition) is 0. The van der Waals surface area contributed by atoms with E-state index >= 15 is 0 Å². The highest BCUT2D eigenvalue weighted by atomic mass is 16.3. The van der Waals surface area contributed by atoms with Gasteiger partial charge in [-0.2, -0.15) is 5.10 Å². The van der Waals surface area contributed by atoms with Crippen molar-refractivity contribution in [2.75, 3.05) is 0 Å². The van der Waals surface area contributed by atoms with E-state index in [1.165, 1.54) is 12.8 Å². The van der Waals surface area contributed by atoms with E-state index in [4.69, 9.17) is 8.83 Å². The minimum absolute atomic E-state index is 0.669. The molecule has 0 radical (unpaired) electrons. The first-order chi connectivity index (χ1) is 10.3. The maximum Gasteiger partial charge on any atom is 0.180 e. The molecule has 0 aliphatic carbocycles. The minimum Gasteiger partial charge on any atom is -0.451 e. The molecule has 0 aliphatic rings. The molecule has 21 heavy (non-hydrogen) atoms. The van der Waals surface area contributed by atoms with Crippen LogP contribution in [0.15, 0.2) is 46.4 Å². The Labute approximate surface area is 122 Å². The molecule has 7 heteroatoms. The monoisotopic (exact) mass is 287 g/mol. The van der Waals surface area contributed by atoms with Crippen molar-refractivity contribution in [1.82, 2.24) is 24.6 Å². The first kappa shape index (κ1) is 13.6. The van der Waals surface area contributed by atoms with Crippen molar-refractivity contribution >= 4 is 0 Å². The van der Waals surface area contributed by atoms with E-state index in [-0.39, 0.29) is 0 Å². The van der Waals surface area contributed by atoms with E-state index in [0.29, 0.717) is 19.6 Å². The highest BCUT2D eigenvalue weighted by Crippen LogP contribution is 2.11. The predicted molar refractivity (Wildman–Crippen MR) is 73.9 cm³/mol. The van der Waals surface area contributed by atoms with Gasteiger partial charge in [0, 0.05) is 32.4 Å². The van der Waals surface area contributed by atoms with Crippen LogP contribution >= 0.6 is 0 Å². The lowest BCUT2D eigenvalue weighted by atomic mass is 10.3. The predicted octanol–water partition coefficient (Wildman–Crippen LogP) is 2.08. The summed E-state index contributed by atoms with van der Waals surface area (Å²) in [6.07, 6.45) is 8.17. The van der Waals surface area contributed by atoms with Gasteiger partial charge in [-0.25, -0.2) is 9.97 Å². The van der Waals surface area contributed by atoms with Crippen LogP contribution in [-0.4, -0.2) is 24.6 Å². The number of hydrogen-bond acceptors (Lipinski definition) is 6. The van der Waals surface area contributed by atoms with Gasteiger partial charge in [-0.3, -0.25) is 9.58 Å². The van der Waals surface area contributed by atoms with Crippen LogP contribution in [0.2, 0.25) is 0 Å². The van der Waals surface area contributed by atoms with E-state index in [1.54, 1.807) is 12.5 Å². The van der Waals surface area contributed by atoms with Crippen LogP contribution in [0.5, 0.6) is 0 Å². The third kappa shape index (κ3) is 3.57. The van der Waals surface area contributed by atoms with Gasteiger partial charge in [-0.05, 0) is 13.0 Å². The van der Waals surface area contributed by atoms with E-state index in [1.807, 2.05) is 16.9 Å². The number of rotatable bonds is 7. The van der Waals surface area contributed by atoms with Crippen molar-refractivity contribution in [2.24, 2.45) is 0 Å². The first-order valence-electron chi connectivity index (χ1n) is 6.82. The van der Waals surface area contributed by atoms with Crippen LogP contribution in [0.3, 0.4) is 0 Å². The fraction of sp³-hybridized carbons (Fsp3) is 0.357. The Kier molecular flexibility index (Phi) is 4.11. The molecule has 3 heterocycles. The summed E-state index contributed by atoms with van der Waals surface area (Å²) < 4.78 is 12.0. The molecule has 0 N–H and O–H groups in total. The minimum atomic E-state index is 0.669. The molecule has 0 saturated carbocycles. The van der Waals surface area contributed by atoms with Gasteiger partial charge in [0.2, 0.25) is 0 Å². The van der Waals surface area contributed by atoms with Crippen LogP contribution in [0, 0.1) is 0 Å². The molecule has 0 atom stereocenters. The topological polar surface area (TPSA) is 73.1 Å². The summed E-state index contributed by atoms with van der Waals surface area (Å²) in [7, 11) is 0. The number of oxazole rings is 2. The average molecular weight is 287 g/mol. The summed E-state index contributed by atoms with van der Waals surface area (Å²) in [6.45, 7) is 4.99. The highest BCUT2D eigenvalue weighted by molar-refractivity contribution is 5.01. The Morgan fingerprint density at radius 2 is 1.62 bits per heavy atom. The molecule has 3 rings (SSSR count). The summed E-state index contributed by atoms with van der Waals surface area (Å²) in [5, 5.41) is 4.51. The zero-order valence-electron chi connectivity index (χ0n) is 11.8. The third-order valence-corrected chi connectivity index (χ3v) is 3.14. The van der Waals surface area contributed by atoms with Crippen molar-refractivity contribution in [3.8, 4) is 0 Å². The standard InChI is InChI=1S/C14H17N5O2/c1-2-19-4-3-12(17-19)5-18(6-13-8-20-10-15-13)7-14-9-21-11-16-14/h3-4,8-11H,2,5-7H2,1H3. The second kappa shape index (κ2) is 6.36. The summed E-state index contributed by atoms with van der Waals surface area (Å²) in [4.78, 5) is 10.5. The Hall–Kier alpha value is -2.41. The zero-order valence-corrected chi connectivity index (χ0v) is 11.8. The summed E-state index contributed by atoms with van der Waals surface area (Å²) >= 11 is 0. The van der Waals surface area contributed by atoms with Crippen LogP contribution in [0.1, 0.15) is 24.0 Å². The molecule has 0 saturated heterocycles. The number of aryl methyl sites for hydroxylation is 1. The summed E-state index contributed by atoms with van der Waals surface area (Å²) in [6, 6.07) is 2.03. The molecule has 7 nitrogen and oxygen atoms in total. The average Bonchev–Trinajstić information content (AvgIpc) is 3.20. The van der Waals surface area contributed by atoms with E-state index in [9.17, 15) is 0 Å². The van der Waals surface area contributed by atoms with Gasteiger partial charge in [0.25, 0.3) is 0 Å². The maximum absolute atomic E-state index is 5.03. The van der Waals surface area contributed by atoms with Crippen molar-refractivity contribution < 1.29 is 8.83 Å². The summed E-state index contributed by atoms with van der Waals surface area (Å²) in [5.41, 5.74) is 2.78. The van der Waals surface area contributed by atoms with Gasteiger partial charge >= 0.3 is 0 Å². The highest BCUT2D eigenvalue weighted by Gasteiger charge is 2.13. The Morgan fingerprint density at radius 3 is 2.10 bits per heavy atom. The van der Waals surface area contributed by atoms with Crippen LogP contribution in [0.4, 0.5) is 0 Å². The molecule has 0 aliphatic heterocycles. The van der Waals surface area contributed by atoms with E-state index in [2.05, 4.69) is 26.9 Å². The number of aromatic nitrogens is 4. The van der Waals surface area contributed by atoms with Gasteiger partial charge in [-0.15, -0.1) is 0 Å². The van der Waals surface area contributed by atoms with Crippen molar-refractivity contribution in [3.05, 3.63) is 54.7 Å². The summed E-state index contributed by atoms with van der Waals surface area (Å²) in [5.74, 6) is 0. The van der Waals surface area contributed by atoms with Gasteiger partial charge in [0.1, 0.15) is 12.5 Å². The second-order valence-electron chi connectivity index (χ2n) is 4.77. The zero-order chi connectivity index (χ0) is 14.5.